The maximum atomic E-state index is 12.5. The van der Waals surface area contributed by atoms with Crippen LogP contribution in [0.5, 0.6) is 0 Å². The molecule has 1 atom stereocenters. The number of aromatic nitrogens is 1. The highest BCUT2D eigenvalue weighted by Gasteiger charge is 2.31. The number of nitro groups is 1. The van der Waals surface area contributed by atoms with Crippen molar-refractivity contribution in [2.75, 3.05) is 32.7 Å². The first-order valence-electron chi connectivity index (χ1n) is 12.3. The lowest BCUT2D eigenvalue weighted by molar-refractivity contribution is -0.542. The Morgan fingerprint density at radius 3 is 2.47 bits per heavy atom. The molecule has 5 rings (SSSR count). The molecular formula is C27H29N5O4. The molecule has 2 aliphatic rings. The number of nitrogens with zero attached hydrogens (tertiary/aromatic N) is 5. The lowest BCUT2D eigenvalue weighted by atomic mass is 9.96. The van der Waals surface area contributed by atoms with E-state index in [0.29, 0.717) is 41.7 Å². The molecule has 9 nitrogen and oxygen atoms in total. The largest absolute Gasteiger partial charge is 0.478 e. The molecule has 0 radical (unpaired) electrons. The summed E-state index contributed by atoms with van der Waals surface area (Å²) in [5, 5.41) is 22.1. The highest BCUT2D eigenvalue weighted by atomic mass is 16.6. The van der Waals surface area contributed by atoms with Crippen molar-refractivity contribution in [3.05, 3.63) is 88.2 Å². The first kappa shape index (κ1) is 23.7. The van der Waals surface area contributed by atoms with Crippen LogP contribution < -0.4 is 0 Å². The summed E-state index contributed by atoms with van der Waals surface area (Å²) in [6, 6.07) is 17.1. The van der Waals surface area contributed by atoms with E-state index in [4.69, 9.17) is 4.98 Å². The minimum absolute atomic E-state index is 0.211. The van der Waals surface area contributed by atoms with Crippen molar-refractivity contribution < 1.29 is 14.8 Å². The van der Waals surface area contributed by atoms with Gasteiger partial charge in [-0.25, -0.2) is 9.78 Å². The van der Waals surface area contributed by atoms with Crippen molar-refractivity contribution in [2.45, 2.75) is 25.6 Å². The van der Waals surface area contributed by atoms with Crippen LogP contribution >= 0.6 is 0 Å². The van der Waals surface area contributed by atoms with E-state index in [0.717, 1.165) is 43.7 Å². The Bertz CT molecular complexity index is 1290. The smallest absolute Gasteiger partial charge is 0.336 e. The average Bonchev–Trinajstić information content (AvgIpc) is 3.37. The van der Waals surface area contributed by atoms with Gasteiger partial charge in [0.15, 0.2) is 0 Å². The van der Waals surface area contributed by atoms with Gasteiger partial charge in [0.25, 0.3) is 6.17 Å². The van der Waals surface area contributed by atoms with Crippen LogP contribution in [0.3, 0.4) is 0 Å². The van der Waals surface area contributed by atoms with Crippen molar-refractivity contribution in [2.24, 2.45) is 0 Å². The standard InChI is InChI=1S/C27H29N5O4/c33-27(34)25-21-9-4-5-10-23(21)28-26(20-7-2-1-3-8-20)22(25)19-30-15-13-29(14-16-30)17-18-31-12-6-11-24(31)32(35)36/h1-5,7-10,17-18,24H,6,11-16,19H2,(H,33,34). The number of carboxylic acids is 1. The fourth-order valence-electron chi connectivity index (χ4n) is 5.13. The molecule has 0 amide bonds. The van der Waals surface area contributed by atoms with E-state index >= 15 is 0 Å². The lowest BCUT2D eigenvalue weighted by Gasteiger charge is -2.35. The Morgan fingerprint density at radius 2 is 1.75 bits per heavy atom. The van der Waals surface area contributed by atoms with E-state index in [1.807, 2.05) is 67.0 Å². The summed E-state index contributed by atoms with van der Waals surface area (Å²) in [4.78, 5) is 34.6. The second-order valence-corrected chi connectivity index (χ2v) is 9.26. The summed E-state index contributed by atoms with van der Waals surface area (Å²) in [6.07, 6.45) is 4.59. The molecule has 2 aromatic carbocycles. The number of hydrogen-bond donors (Lipinski definition) is 1. The zero-order valence-electron chi connectivity index (χ0n) is 20.0. The van der Waals surface area contributed by atoms with E-state index in [-0.39, 0.29) is 4.92 Å². The van der Waals surface area contributed by atoms with Crippen LogP contribution in [0, 0.1) is 10.1 Å². The highest BCUT2D eigenvalue weighted by molar-refractivity contribution is 6.05. The van der Waals surface area contributed by atoms with Gasteiger partial charge in [-0.05, 0) is 12.5 Å². The van der Waals surface area contributed by atoms with Gasteiger partial charge < -0.3 is 14.9 Å². The topological polar surface area (TPSA) is 103 Å². The molecular weight excluding hydrogens is 458 g/mol. The average molecular weight is 488 g/mol. The number of carbonyl (C=O) groups is 1. The molecule has 36 heavy (non-hydrogen) atoms. The van der Waals surface area contributed by atoms with Gasteiger partial charge >= 0.3 is 5.97 Å². The number of aromatic carboxylic acids is 1. The van der Waals surface area contributed by atoms with E-state index in [2.05, 4.69) is 9.80 Å². The monoisotopic (exact) mass is 487 g/mol. The molecule has 0 spiro atoms. The van der Waals surface area contributed by atoms with Gasteiger partial charge in [-0.2, -0.15) is 0 Å². The van der Waals surface area contributed by atoms with Crippen LogP contribution in [0.1, 0.15) is 28.8 Å². The normalized spacial score (nSPS) is 18.8. The molecule has 1 N–H and O–H groups in total. The zero-order valence-corrected chi connectivity index (χ0v) is 20.0. The molecule has 186 valence electrons. The number of pyridine rings is 1. The van der Waals surface area contributed by atoms with Crippen molar-refractivity contribution >= 4 is 16.9 Å². The van der Waals surface area contributed by atoms with Crippen LogP contribution in [0.4, 0.5) is 0 Å². The van der Waals surface area contributed by atoms with Crippen molar-refractivity contribution in [3.8, 4) is 11.3 Å². The Morgan fingerprint density at radius 1 is 1.03 bits per heavy atom. The minimum Gasteiger partial charge on any atom is -0.478 e. The number of rotatable bonds is 7. The summed E-state index contributed by atoms with van der Waals surface area (Å²) in [6.45, 7) is 4.22. The number of carboxylic acid groups (broad SMARTS) is 1. The fourth-order valence-corrected chi connectivity index (χ4v) is 5.13. The van der Waals surface area contributed by atoms with E-state index < -0.39 is 12.1 Å². The molecule has 0 bridgehead atoms. The minimum atomic E-state index is -0.951. The molecule has 0 saturated carbocycles. The maximum absolute atomic E-state index is 12.5. The van der Waals surface area contributed by atoms with E-state index in [1.165, 1.54) is 0 Å². The number of fused-ring (bicyclic) bond motifs is 1. The number of para-hydroxylation sites is 1. The van der Waals surface area contributed by atoms with Gasteiger partial charge in [-0.1, -0.05) is 48.5 Å². The molecule has 2 saturated heterocycles. The molecule has 1 unspecified atom stereocenters. The van der Waals surface area contributed by atoms with Gasteiger partial charge in [0, 0.05) is 79.5 Å². The number of benzene rings is 2. The van der Waals surface area contributed by atoms with Crippen LogP contribution in [-0.4, -0.2) is 74.6 Å². The van der Waals surface area contributed by atoms with Crippen LogP contribution in [0.15, 0.2) is 67.0 Å². The van der Waals surface area contributed by atoms with Crippen molar-refractivity contribution in [3.63, 3.8) is 0 Å². The molecule has 2 aliphatic heterocycles. The van der Waals surface area contributed by atoms with E-state index in [1.54, 1.807) is 4.90 Å². The molecule has 9 heteroatoms. The molecule has 2 fully saturated rings. The third kappa shape index (κ3) is 4.87. The molecule has 3 aromatic rings. The second kappa shape index (κ2) is 10.3. The summed E-state index contributed by atoms with van der Waals surface area (Å²) in [5.74, 6) is -0.951. The number of piperazine rings is 1. The van der Waals surface area contributed by atoms with Crippen molar-refractivity contribution in [1.82, 2.24) is 19.7 Å². The SMILES string of the molecule is O=C(O)c1c(CN2CCN(C=CN3CCCC3[N+](=O)[O-])CC2)c(-c2ccccc2)nc2ccccc12. The second-order valence-electron chi connectivity index (χ2n) is 9.26. The first-order chi connectivity index (χ1) is 17.5. The fraction of sp³-hybridized carbons (Fsp3) is 0.333. The Kier molecular flexibility index (Phi) is 6.81. The number of likely N-dealkylation sites (tertiary alicyclic amines) is 1. The van der Waals surface area contributed by atoms with Crippen LogP contribution in [-0.2, 0) is 6.54 Å². The predicted molar refractivity (Wildman–Crippen MR) is 137 cm³/mol. The molecule has 3 heterocycles. The van der Waals surface area contributed by atoms with Gasteiger partial charge in [0.2, 0.25) is 0 Å². The summed E-state index contributed by atoms with van der Waals surface area (Å²) >= 11 is 0. The predicted octanol–water partition coefficient (Wildman–Crippen LogP) is 3.89. The quantitative estimate of drug-likeness (QED) is 0.396. The number of hydrogen-bond acceptors (Lipinski definition) is 7. The third-order valence-electron chi connectivity index (χ3n) is 7.02. The Hall–Kier alpha value is -3.98. The highest BCUT2D eigenvalue weighted by Crippen LogP contribution is 2.31. The Balaban J connectivity index is 1.37. The van der Waals surface area contributed by atoms with Gasteiger partial charge in [-0.3, -0.25) is 15.0 Å². The summed E-state index contributed by atoms with van der Waals surface area (Å²) in [5.41, 5.74) is 3.30. The molecule has 1 aromatic heterocycles. The van der Waals surface area contributed by atoms with Gasteiger partial charge in [-0.15, -0.1) is 0 Å². The first-order valence-corrected chi connectivity index (χ1v) is 12.3. The zero-order chi connectivity index (χ0) is 25.1. The maximum Gasteiger partial charge on any atom is 0.336 e. The van der Waals surface area contributed by atoms with Gasteiger partial charge in [0.1, 0.15) is 0 Å². The van der Waals surface area contributed by atoms with Crippen molar-refractivity contribution in [1.29, 1.82) is 0 Å². The molecule has 0 aliphatic carbocycles. The lowest BCUT2D eigenvalue weighted by Crippen LogP contribution is -2.44. The van der Waals surface area contributed by atoms with Crippen LogP contribution in [0.2, 0.25) is 0 Å². The Labute approximate surface area is 209 Å². The summed E-state index contributed by atoms with van der Waals surface area (Å²) in [7, 11) is 0. The van der Waals surface area contributed by atoms with Crippen LogP contribution in [0.25, 0.3) is 22.2 Å². The summed E-state index contributed by atoms with van der Waals surface area (Å²) < 4.78 is 0. The van der Waals surface area contributed by atoms with E-state index in [9.17, 15) is 20.0 Å². The third-order valence-corrected chi connectivity index (χ3v) is 7.02. The van der Waals surface area contributed by atoms with Gasteiger partial charge in [0.05, 0.1) is 16.8 Å².